The molecular weight excluding hydrogens is 196 g/mol. The van der Waals surface area contributed by atoms with Gasteiger partial charge in [-0.05, 0) is 38.5 Å². The fraction of sp³-hybridized carbons (Fsp3) is 1.00. The Morgan fingerprint density at radius 2 is 2.06 bits per heavy atom. The summed E-state index contributed by atoms with van der Waals surface area (Å²) >= 11 is 0. The largest absolute Gasteiger partial charge is 0.312 e. The Morgan fingerprint density at radius 3 is 2.56 bits per heavy atom. The minimum atomic E-state index is 0.783. The van der Waals surface area contributed by atoms with E-state index in [0.29, 0.717) is 0 Å². The Bertz CT molecular complexity index is 213. The highest BCUT2D eigenvalue weighted by Crippen LogP contribution is 2.26. The molecule has 2 rings (SSSR count). The molecule has 94 valence electrons. The molecule has 0 aromatic carbocycles. The molecule has 2 aliphatic rings. The van der Waals surface area contributed by atoms with E-state index in [-0.39, 0.29) is 0 Å². The van der Waals surface area contributed by atoms with Gasteiger partial charge in [0.05, 0.1) is 0 Å². The maximum atomic E-state index is 3.71. The van der Waals surface area contributed by atoms with Gasteiger partial charge in [-0.1, -0.05) is 20.3 Å². The summed E-state index contributed by atoms with van der Waals surface area (Å²) < 4.78 is 0. The number of likely N-dealkylation sites (tertiary alicyclic amines) is 1. The van der Waals surface area contributed by atoms with Crippen LogP contribution in [0.5, 0.6) is 0 Å². The van der Waals surface area contributed by atoms with Crippen LogP contribution < -0.4 is 5.32 Å². The lowest BCUT2D eigenvalue weighted by molar-refractivity contribution is 0.172. The van der Waals surface area contributed by atoms with E-state index in [1.807, 2.05) is 0 Å². The zero-order chi connectivity index (χ0) is 11.5. The molecular formula is C14H28N2. The zero-order valence-electron chi connectivity index (χ0n) is 11.2. The van der Waals surface area contributed by atoms with Crippen molar-refractivity contribution < 1.29 is 0 Å². The van der Waals surface area contributed by atoms with E-state index in [1.165, 1.54) is 45.2 Å². The third kappa shape index (κ3) is 3.21. The third-order valence-electron chi connectivity index (χ3n) is 4.14. The van der Waals surface area contributed by atoms with Crippen molar-refractivity contribution in [2.24, 2.45) is 5.92 Å². The molecule has 3 atom stereocenters. The van der Waals surface area contributed by atoms with Crippen molar-refractivity contribution in [2.75, 3.05) is 13.1 Å². The lowest BCUT2D eigenvalue weighted by Gasteiger charge is -2.31. The standard InChI is InChI=1S/C14H28N2/c1-4-5-14(9-15-13-6-7-13)16-10-11(2)8-12(16)3/h11-15H,4-10H2,1-3H3. The second-order valence-electron chi connectivity index (χ2n) is 6.01. The number of hydrogen-bond acceptors (Lipinski definition) is 2. The first-order valence-electron chi connectivity index (χ1n) is 7.19. The van der Waals surface area contributed by atoms with Crippen LogP contribution in [0.2, 0.25) is 0 Å². The summed E-state index contributed by atoms with van der Waals surface area (Å²) in [4.78, 5) is 2.75. The van der Waals surface area contributed by atoms with E-state index in [4.69, 9.17) is 0 Å². The topological polar surface area (TPSA) is 15.3 Å². The van der Waals surface area contributed by atoms with Gasteiger partial charge in [-0.15, -0.1) is 0 Å². The average Bonchev–Trinajstić information content (AvgIpc) is 2.99. The quantitative estimate of drug-likeness (QED) is 0.746. The summed E-state index contributed by atoms with van der Waals surface area (Å²) in [6, 6.07) is 2.44. The van der Waals surface area contributed by atoms with Crippen LogP contribution in [-0.2, 0) is 0 Å². The van der Waals surface area contributed by atoms with Gasteiger partial charge in [0, 0.05) is 31.2 Å². The number of nitrogens with one attached hydrogen (secondary N) is 1. The second-order valence-corrected chi connectivity index (χ2v) is 6.01. The predicted molar refractivity (Wildman–Crippen MR) is 69.7 cm³/mol. The normalized spacial score (nSPS) is 33.2. The second kappa shape index (κ2) is 5.50. The maximum absolute atomic E-state index is 3.71. The van der Waals surface area contributed by atoms with Crippen LogP contribution in [0.3, 0.4) is 0 Å². The first kappa shape index (κ1) is 12.4. The van der Waals surface area contributed by atoms with Crippen molar-refractivity contribution in [2.45, 2.75) is 71.0 Å². The van der Waals surface area contributed by atoms with Gasteiger partial charge in [0.25, 0.3) is 0 Å². The van der Waals surface area contributed by atoms with Crippen molar-refractivity contribution in [3.63, 3.8) is 0 Å². The van der Waals surface area contributed by atoms with Gasteiger partial charge in [-0.25, -0.2) is 0 Å². The Balaban J connectivity index is 1.83. The molecule has 16 heavy (non-hydrogen) atoms. The van der Waals surface area contributed by atoms with Crippen LogP contribution in [0.15, 0.2) is 0 Å². The fourth-order valence-electron chi connectivity index (χ4n) is 3.15. The minimum Gasteiger partial charge on any atom is -0.312 e. The van der Waals surface area contributed by atoms with E-state index < -0.39 is 0 Å². The van der Waals surface area contributed by atoms with Gasteiger partial charge in [-0.2, -0.15) is 0 Å². The molecule has 2 nitrogen and oxygen atoms in total. The Labute approximate surface area is 101 Å². The molecule has 0 amide bonds. The van der Waals surface area contributed by atoms with Crippen LogP contribution in [0.1, 0.15) is 52.9 Å². The summed E-state index contributed by atoms with van der Waals surface area (Å²) in [5.41, 5.74) is 0. The monoisotopic (exact) mass is 224 g/mol. The minimum absolute atomic E-state index is 0.783. The lowest BCUT2D eigenvalue weighted by atomic mass is 10.1. The molecule has 1 saturated heterocycles. The molecule has 1 N–H and O–H groups in total. The van der Waals surface area contributed by atoms with Gasteiger partial charge in [-0.3, -0.25) is 4.90 Å². The molecule has 1 aliphatic heterocycles. The highest BCUT2D eigenvalue weighted by atomic mass is 15.2. The molecule has 1 saturated carbocycles. The van der Waals surface area contributed by atoms with Crippen LogP contribution >= 0.6 is 0 Å². The summed E-state index contributed by atoms with van der Waals surface area (Å²) in [5.74, 6) is 0.898. The summed E-state index contributed by atoms with van der Waals surface area (Å²) in [5, 5.41) is 3.71. The Kier molecular flexibility index (Phi) is 4.26. The molecule has 0 spiro atoms. The highest BCUT2D eigenvalue weighted by Gasteiger charge is 2.32. The number of rotatable bonds is 6. The van der Waals surface area contributed by atoms with E-state index >= 15 is 0 Å². The molecule has 0 aromatic heterocycles. The fourth-order valence-corrected chi connectivity index (χ4v) is 3.15. The first-order chi connectivity index (χ1) is 7.70. The van der Waals surface area contributed by atoms with Gasteiger partial charge in [0.15, 0.2) is 0 Å². The summed E-state index contributed by atoms with van der Waals surface area (Å²) in [6.07, 6.45) is 6.88. The van der Waals surface area contributed by atoms with Gasteiger partial charge in [0.1, 0.15) is 0 Å². The van der Waals surface area contributed by atoms with Crippen molar-refractivity contribution >= 4 is 0 Å². The SMILES string of the molecule is CCCC(CNC1CC1)N1CC(C)CC1C. The molecule has 3 unspecified atom stereocenters. The molecule has 0 aromatic rings. The number of nitrogens with zero attached hydrogens (tertiary/aromatic N) is 1. The van der Waals surface area contributed by atoms with E-state index in [2.05, 4.69) is 31.0 Å². The zero-order valence-corrected chi connectivity index (χ0v) is 11.2. The van der Waals surface area contributed by atoms with E-state index in [0.717, 1.165) is 24.0 Å². The van der Waals surface area contributed by atoms with Gasteiger partial charge in [0.2, 0.25) is 0 Å². The Hall–Kier alpha value is -0.0800. The van der Waals surface area contributed by atoms with Gasteiger partial charge >= 0.3 is 0 Å². The molecule has 1 aliphatic carbocycles. The average molecular weight is 224 g/mol. The van der Waals surface area contributed by atoms with E-state index in [9.17, 15) is 0 Å². The molecule has 0 bridgehead atoms. The van der Waals surface area contributed by atoms with Crippen LogP contribution in [-0.4, -0.2) is 36.1 Å². The third-order valence-corrected chi connectivity index (χ3v) is 4.14. The number of hydrogen-bond donors (Lipinski definition) is 1. The first-order valence-corrected chi connectivity index (χ1v) is 7.19. The molecule has 1 heterocycles. The predicted octanol–water partition coefficient (Wildman–Crippen LogP) is 2.64. The van der Waals surface area contributed by atoms with Crippen LogP contribution in [0.25, 0.3) is 0 Å². The molecule has 2 heteroatoms. The van der Waals surface area contributed by atoms with Crippen LogP contribution in [0, 0.1) is 5.92 Å². The molecule has 0 radical (unpaired) electrons. The molecule has 2 fully saturated rings. The maximum Gasteiger partial charge on any atom is 0.0223 e. The highest BCUT2D eigenvalue weighted by molar-refractivity contribution is 4.89. The van der Waals surface area contributed by atoms with Crippen LogP contribution in [0.4, 0.5) is 0 Å². The summed E-state index contributed by atoms with van der Waals surface area (Å²) in [7, 11) is 0. The van der Waals surface area contributed by atoms with Crippen molar-refractivity contribution in [1.29, 1.82) is 0 Å². The smallest absolute Gasteiger partial charge is 0.0223 e. The van der Waals surface area contributed by atoms with Gasteiger partial charge < -0.3 is 5.32 Å². The lowest BCUT2D eigenvalue weighted by Crippen LogP contribution is -2.44. The van der Waals surface area contributed by atoms with E-state index in [1.54, 1.807) is 0 Å². The van der Waals surface area contributed by atoms with Crippen molar-refractivity contribution in [3.05, 3.63) is 0 Å². The Morgan fingerprint density at radius 1 is 1.31 bits per heavy atom. The summed E-state index contributed by atoms with van der Waals surface area (Å²) in [6.45, 7) is 9.65. The van der Waals surface area contributed by atoms with Crippen molar-refractivity contribution in [3.8, 4) is 0 Å². The van der Waals surface area contributed by atoms with Crippen molar-refractivity contribution in [1.82, 2.24) is 10.2 Å².